The molecule has 1 aliphatic carbocycles. The van der Waals surface area contributed by atoms with Crippen LogP contribution in [0.2, 0.25) is 0 Å². The van der Waals surface area contributed by atoms with Crippen LogP contribution in [0.1, 0.15) is 33.1 Å². The molecule has 0 aromatic carbocycles. The molecule has 1 aliphatic rings. The molecule has 2 atom stereocenters. The van der Waals surface area contributed by atoms with Gasteiger partial charge in [-0.3, -0.25) is 0 Å². The monoisotopic (exact) mass is 154 g/mol. The van der Waals surface area contributed by atoms with Gasteiger partial charge in [-0.1, -0.05) is 18.6 Å². The molecule has 0 saturated heterocycles. The Labute approximate surface area is 69.1 Å². The van der Waals surface area contributed by atoms with E-state index in [-0.39, 0.29) is 0 Å². The van der Waals surface area contributed by atoms with Crippen molar-refractivity contribution in [2.75, 3.05) is 6.61 Å². The highest BCUT2D eigenvalue weighted by molar-refractivity contribution is 5.03. The second-order valence-electron chi connectivity index (χ2n) is 3.74. The molecule has 0 bridgehead atoms. The minimum atomic E-state index is 0.345. The van der Waals surface area contributed by atoms with Crippen LogP contribution in [0.5, 0.6) is 0 Å². The summed E-state index contributed by atoms with van der Waals surface area (Å²) in [5, 5.41) is 8.93. The maximum Gasteiger partial charge on any atom is 0.0459 e. The summed E-state index contributed by atoms with van der Waals surface area (Å²) < 4.78 is 0. The van der Waals surface area contributed by atoms with E-state index in [0.717, 1.165) is 5.92 Å². The zero-order chi connectivity index (χ0) is 8.27. The van der Waals surface area contributed by atoms with E-state index in [9.17, 15) is 0 Å². The van der Waals surface area contributed by atoms with Crippen molar-refractivity contribution in [1.29, 1.82) is 0 Å². The van der Waals surface area contributed by atoms with Crippen LogP contribution in [-0.2, 0) is 0 Å². The smallest absolute Gasteiger partial charge is 0.0459 e. The Bertz CT molecular complexity index is 149. The molecule has 0 radical (unpaired) electrons. The first kappa shape index (κ1) is 8.79. The first-order valence-electron chi connectivity index (χ1n) is 4.50. The Morgan fingerprint density at radius 3 is 2.91 bits per heavy atom. The highest BCUT2D eigenvalue weighted by atomic mass is 16.3. The molecule has 0 amide bonds. The van der Waals surface area contributed by atoms with E-state index in [0.29, 0.717) is 12.5 Å². The van der Waals surface area contributed by atoms with Gasteiger partial charge in [-0.25, -0.2) is 0 Å². The van der Waals surface area contributed by atoms with Crippen molar-refractivity contribution in [3.8, 4) is 0 Å². The lowest BCUT2D eigenvalue weighted by atomic mass is 9.82. The fourth-order valence-corrected chi connectivity index (χ4v) is 1.65. The molecule has 0 spiro atoms. The zero-order valence-electron chi connectivity index (χ0n) is 7.51. The topological polar surface area (TPSA) is 20.2 Å². The molecule has 0 aromatic rings. The Kier molecular flexibility index (Phi) is 3.13. The van der Waals surface area contributed by atoms with E-state index in [1.165, 1.54) is 24.8 Å². The van der Waals surface area contributed by atoms with Crippen LogP contribution in [0.15, 0.2) is 11.6 Å². The van der Waals surface area contributed by atoms with Crippen molar-refractivity contribution in [2.45, 2.75) is 33.1 Å². The molecule has 11 heavy (non-hydrogen) atoms. The number of rotatable bonds is 2. The predicted octanol–water partition coefficient (Wildman–Crippen LogP) is 2.36. The van der Waals surface area contributed by atoms with Crippen molar-refractivity contribution >= 4 is 0 Å². The molecule has 1 nitrogen and oxygen atoms in total. The van der Waals surface area contributed by atoms with Gasteiger partial charge in [0.25, 0.3) is 0 Å². The van der Waals surface area contributed by atoms with Crippen molar-refractivity contribution in [3.63, 3.8) is 0 Å². The first-order chi connectivity index (χ1) is 5.24. The fraction of sp³-hybridized carbons (Fsp3) is 0.800. The Hall–Kier alpha value is -0.300. The average molecular weight is 154 g/mol. The lowest BCUT2D eigenvalue weighted by molar-refractivity contribution is 0.180. The van der Waals surface area contributed by atoms with Crippen LogP contribution in [0.4, 0.5) is 0 Å². The standard InChI is InChI=1S/C10H18O/c1-8-3-5-10(6-4-8)9(2)7-11/h3,9-11H,4-7H2,1-2H3/t9-,10+/m0/s1. The van der Waals surface area contributed by atoms with Crippen molar-refractivity contribution < 1.29 is 5.11 Å². The van der Waals surface area contributed by atoms with Gasteiger partial charge in [0, 0.05) is 6.61 Å². The van der Waals surface area contributed by atoms with Crippen LogP contribution in [-0.4, -0.2) is 11.7 Å². The van der Waals surface area contributed by atoms with Gasteiger partial charge >= 0.3 is 0 Å². The van der Waals surface area contributed by atoms with Gasteiger partial charge in [-0.15, -0.1) is 0 Å². The normalized spacial score (nSPS) is 27.9. The molecule has 0 fully saturated rings. The van der Waals surface area contributed by atoms with E-state index in [1.54, 1.807) is 0 Å². The van der Waals surface area contributed by atoms with Gasteiger partial charge in [0.15, 0.2) is 0 Å². The van der Waals surface area contributed by atoms with Crippen molar-refractivity contribution in [2.24, 2.45) is 11.8 Å². The van der Waals surface area contributed by atoms with E-state index >= 15 is 0 Å². The molecule has 0 unspecified atom stereocenters. The quantitative estimate of drug-likeness (QED) is 0.605. The van der Waals surface area contributed by atoms with E-state index in [2.05, 4.69) is 19.9 Å². The third-order valence-corrected chi connectivity index (χ3v) is 2.77. The highest BCUT2D eigenvalue weighted by Gasteiger charge is 2.17. The van der Waals surface area contributed by atoms with Crippen molar-refractivity contribution in [1.82, 2.24) is 0 Å². The minimum Gasteiger partial charge on any atom is -0.396 e. The molecule has 1 rings (SSSR count). The van der Waals surface area contributed by atoms with Gasteiger partial charge in [-0.05, 0) is 38.0 Å². The molecule has 1 heteroatoms. The summed E-state index contributed by atoms with van der Waals surface area (Å²) in [6.45, 7) is 4.68. The van der Waals surface area contributed by atoms with Crippen LogP contribution in [0, 0.1) is 11.8 Å². The summed E-state index contributed by atoms with van der Waals surface area (Å²) in [4.78, 5) is 0. The van der Waals surface area contributed by atoms with Gasteiger partial charge in [0.2, 0.25) is 0 Å². The molecular weight excluding hydrogens is 136 g/mol. The second-order valence-corrected chi connectivity index (χ2v) is 3.74. The summed E-state index contributed by atoms with van der Waals surface area (Å²) >= 11 is 0. The van der Waals surface area contributed by atoms with Crippen LogP contribution in [0.3, 0.4) is 0 Å². The lowest BCUT2D eigenvalue weighted by Crippen LogP contribution is -2.17. The number of aliphatic hydroxyl groups excluding tert-OH is 1. The molecule has 64 valence electrons. The summed E-state index contributed by atoms with van der Waals surface area (Å²) in [6.07, 6.45) is 5.99. The molecule has 0 saturated carbocycles. The second kappa shape index (κ2) is 3.91. The van der Waals surface area contributed by atoms with Crippen LogP contribution in [0.25, 0.3) is 0 Å². The maximum absolute atomic E-state index is 8.93. The number of hydrogen-bond acceptors (Lipinski definition) is 1. The molecule has 0 aromatic heterocycles. The SMILES string of the molecule is CC1=CC[C@@H]([C@@H](C)CO)CC1. The molecule has 0 aliphatic heterocycles. The van der Waals surface area contributed by atoms with Gasteiger partial charge < -0.3 is 5.11 Å². The predicted molar refractivity (Wildman–Crippen MR) is 47.3 cm³/mol. The van der Waals surface area contributed by atoms with E-state index in [4.69, 9.17) is 5.11 Å². The average Bonchev–Trinajstić information content (AvgIpc) is 2.05. The third kappa shape index (κ3) is 2.33. The summed E-state index contributed by atoms with van der Waals surface area (Å²) in [7, 11) is 0. The van der Waals surface area contributed by atoms with Crippen LogP contribution < -0.4 is 0 Å². The number of allylic oxidation sites excluding steroid dienone is 2. The van der Waals surface area contributed by atoms with Crippen LogP contribution >= 0.6 is 0 Å². The van der Waals surface area contributed by atoms with Gasteiger partial charge in [0.1, 0.15) is 0 Å². The maximum atomic E-state index is 8.93. The lowest BCUT2D eigenvalue weighted by Gasteiger charge is -2.24. The minimum absolute atomic E-state index is 0.345. The summed E-state index contributed by atoms with van der Waals surface area (Å²) in [5.41, 5.74) is 1.52. The van der Waals surface area contributed by atoms with Gasteiger partial charge in [0.05, 0.1) is 0 Å². The summed E-state index contributed by atoms with van der Waals surface area (Å²) in [5.74, 6) is 1.21. The zero-order valence-corrected chi connectivity index (χ0v) is 7.51. The van der Waals surface area contributed by atoms with E-state index < -0.39 is 0 Å². The number of aliphatic hydroxyl groups is 1. The molecule has 1 N–H and O–H groups in total. The van der Waals surface area contributed by atoms with E-state index in [1.807, 2.05) is 0 Å². The highest BCUT2D eigenvalue weighted by Crippen LogP contribution is 2.28. The number of hydrogen-bond donors (Lipinski definition) is 1. The third-order valence-electron chi connectivity index (χ3n) is 2.77. The van der Waals surface area contributed by atoms with Gasteiger partial charge in [-0.2, -0.15) is 0 Å². The Morgan fingerprint density at radius 1 is 1.73 bits per heavy atom. The van der Waals surface area contributed by atoms with Crippen molar-refractivity contribution in [3.05, 3.63) is 11.6 Å². The molecular formula is C10H18O. The Balaban J connectivity index is 2.40. The molecule has 0 heterocycles. The Morgan fingerprint density at radius 2 is 2.45 bits per heavy atom. The fourth-order valence-electron chi connectivity index (χ4n) is 1.65. The first-order valence-corrected chi connectivity index (χ1v) is 4.50. The summed E-state index contributed by atoms with van der Waals surface area (Å²) in [6, 6.07) is 0. The largest absolute Gasteiger partial charge is 0.396 e.